The fraction of sp³-hybridized carbons (Fsp3) is 0.417. The number of urea groups is 1. The van der Waals surface area contributed by atoms with Crippen LogP contribution in [0.2, 0.25) is 0 Å². The molecule has 0 unspecified atom stereocenters. The molecule has 82 valence electrons. The number of carbonyl (C=O) groups is 1. The minimum absolute atomic E-state index is 0.438. The fourth-order valence-electron chi connectivity index (χ4n) is 1.45. The Labute approximate surface area is 90.9 Å². The molecule has 1 rings (SSSR count). The second-order valence-corrected chi connectivity index (χ2v) is 4.16. The Balaban J connectivity index is 2.76. The molecule has 0 aliphatic carbocycles. The molecule has 0 fully saturated rings. The molecule has 0 bridgehead atoms. The lowest BCUT2D eigenvalue weighted by Gasteiger charge is -2.14. The first-order chi connectivity index (χ1) is 7.00. The van der Waals surface area contributed by atoms with Crippen molar-refractivity contribution in [2.24, 2.45) is 11.7 Å². The molecule has 0 saturated heterocycles. The van der Waals surface area contributed by atoms with Gasteiger partial charge in [0.1, 0.15) is 0 Å². The zero-order valence-corrected chi connectivity index (χ0v) is 9.53. The van der Waals surface area contributed by atoms with Gasteiger partial charge in [-0.15, -0.1) is 0 Å². The van der Waals surface area contributed by atoms with Crippen LogP contribution in [-0.4, -0.2) is 13.1 Å². The van der Waals surface area contributed by atoms with Gasteiger partial charge in [0.05, 0.1) is 0 Å². The molecule has 3 heteroatoms. The maximum absolute atomic E-state index is 10.9. The Morgan fingerprint density at radius 2 is 1.87 bits per heavy atom. The van der Waals surface area contributed by atoms with E-state index in [4.69, 9.17) is 5.73 Å². The number of primary amides is 1. The summed E-state index contributed by atoms with van der Waals surface area (Å²) < 4.78 is 0. The van der Waals surface area contributed by atoms with E-state index in [2.05, 4.69) is 13.8 Å². The highest BCUT2D eigenvalue weighted by molar-refractivity contribution is 5.89. The molecule has 0 atom stereocenters. The molecule has 0 radical (unpaired) electrons. The number of anilines is 1. The molecule has 0 saturated carbocycles. The number of rotatable bonds is 3. The van der Waals surface area contributed by atoms with Crippen LogP contribution in [0.15, 0.2) is 24.3 Å². The Kier molecular flexibility index (Phi) is 3.72. The highest BCUT2D eigenvalue weighted by atomic mass is 16.2. The normalized spacial score (nSPS) is 10.4. The number of hydrogen-bond donors (Lipinski definition) is 1. The second-order valence-electron chi connectivity index (χ2n) is 4.16. The van der Waals surface area contributed by atoms with Crippen molar-refractivity contribution in [2.45, 2.75) is 20.3 Å². The van der Waals surface area contributed by atoms with Crippen LogP contribution in [0.1, 0.15) is 19.4 Å². The SMILES string of the molecule is CC(C)Cc1ccc(N(C)C(N)=O)cc1. The van der Waals surface area contributed by atoms with Crippen molar-refractivity contribution in [3.8, 4) is 0 Å². The third kappa shape index (κ3) is 3.27. The van der Waals surface area contributed by atoms with Crippen molar-refractivity contribution in [3.63, 3.8) is 0 Å². The van der Waals surface area contributed by atoms with Crippen LogP contribution in [0.25, 0.3) is 0 Å². The third-order valence-electron chi connectivity index (χ3n) is 2.30. The summed E-state index contributed by atoms with van der Waals surface area (Å²) in [6, 6.07) is 7.47. The van der Waals surface area contributed by atoms with E-state index in [-0.39, 0.29) is 0 Å². The maximum Gasteiger partial charge on any atom is 0.318 e. The van der Waals surface area contributed by atoms with Gasteiger partial charge in [-0.1, -0.05) is 26.0 Å². The van der Waals surface area contributed by atoms with Crippen LogP contribution in [0, 0.1) is 5.92 Å². The van der Waals surface area contributed by atoms with Crippen LogP contribution in [-0.2, 0) is 6.42 Å². The van der Waals surface area contributed by atoms with Gasteiger partial charge < -0.3 is 5.73 Å². The topological polar surface area (TPSA) is 46.3 Å². The quantitative estimate of drug-likeness (QED) is 0.811. The monoisotopic (exact) mass is 206 g/mol. The summed E-state index contributed by atoms with van der Waals surface area (Å²) in [5.41, 5.74) is 7.29. The third-order valence-corrected chi connectivity index (χ3v) is 2.30. The van der Waals surface area contributed by atoms with E-state index in [1.165, 1.54) is 10.5 Å². The van der Waals surface area contributed by atoms with Gasteiger partial charge in [-0.2, -0.15) is 0 Å². The van der Waals surface area contributed by atoms with Gasteiger partial charge in [0.25, 0.3) is 0 Å². The van der Waals surface area contributed by atoms with Crippen molar-refractivity contribution in [1.29, 1.82) is 0 Å². The van der Waals surface area contributed by atoms with Crippen molar-refractivity contribution < 1.29 is 4.79 Å². The average Bonchev–Trinajstić information content (AvgIpc) is 2.17. The lowest BCUT2D eigenvalue weighted by molar-refractivity contribution is 0.255. The number of nitrogens with two attached hydrogens (primary N) is 1. The van der Waals surface area contributed by atoms with Gasteiger partial charge in [0.15, 0.2) is 0 Å². The minimum Gasteiger partial charge on any atom is -0.351 e. The van der Waals surface area contributed by atoms with Gasteiger partial charge in [0, 0.05) is 12.7 Å². The van der Waals surface area contributed by atoms with Crippen molar-refractivity contribution in [3.05, 3.63) is 29.8 Å². The zero-order chi connectivity index (χ0) is 11.4. The van der Waals surface area contributed by atoms with Crippen LogP contribution in [0.5, 0.6) is 0 Å². The summed E-state index contributed by atoms with van der Waals surface area (Å²) in [5.74, 6) is 0.643. The predicted octanol–water partition coefficient (Wildman–Crippen LogP) is 2.40. The molecule has 0 heterocycles. The molecule has 2 amide bonds. The van der Waals surface area contributed by atoms with E-state index in [0.29, 0.717) is 5.92 Å². The maximum atomic E-state index is 10.9. The van der Waals surface area contributed by atoms with E-state index in [1.807, 2.05) is 24.3 Å². The standard InChI is InChI=1S/C12H18N2O/c1-9(2)8-10-4-6-11(7-5-10)14(3)12(13)15/h4-7,9H,8H2,1-3H3,(H2,13,15). The van der Waals surface area contributed by atoms with E-state index >= 15 is 0 Å². The average molecular weight is 206 g/mol. The largest absolute Gasteiger partial charge is 0.351 e. The number of hydrogen-bond acceptors (Lipinski definition) is 1. The van der Waals surface area contributed by atoms with E-state index in [1.54, 1.807) is 7.05 Å². The summed E-state index contributed by atoms with van der Waals surface area (Å²) in [5, 5.41) is 0. The zero-order valence-electron chi connectivity index (χ0n) is 9.53. The number of benzene rings is 1. The molecule has 1 aromatic carbocycles. The van der Waals surface area contributed by atoms with Crippen LogP contribution >= 0.6 is 0 Å². The first kappa shape index (κ1) is 11.6. The van der Waals surface area contributed by atoms with Crippen LogP contribution < -0.4 is 10.6 Å². The van der Waals surface area contributed by atoms with E-state index in [9.17, 15) is 4.79 Å². The predicted molar refractivity (Wildman–Crippen MR) is 63.0 cm³/mol. The summed E-state index contributed by atoms with van der Waals surface area (Å²) in [7, 11) is 1.67. The Hall–Kier alpha value is -1.51. The summed E-state index contributed by atoms with van der Waals surface area (Å²) in [6.07, 6.45) is 1.06. The first-order valence-electron chi connectivity index (χ1n) is 5.13. The summed E-state index contributed by atoms with van der Waals surface area (Å²) in [6.45, 7) is 4.37. The molecule has 0 spiro atoms. The minimum atomic E-state index is -0.438. The van der Waals surface area contributed by atoms with E-state index in [0.717, 1.165) is 12.1 Å². The van der Waals surface area contributed by atoms with Crippen LogP contribution in [0.3, 0.4) is 0 Å². The highest BCUT2D eigenvalue weighted by Crippen LogP contribution is 2.15. The number of carbonyl (C=O) groups excluding carboxylic acids is 1. The molecule has 0 aliphatic rings. The molecule has 0 aliphatic heterocycles. The van der Waals surface area contributed by atoms with Gasteiger partial charge in [0.2, 0.25) is 0 Å². The first-order valence-corrected chi connectivity index (χ1v) is 5.13. The summed E-state index contributed by atoms with van der Waals surface area (Å²) in [4.78, 5) is 12.3. The van der Waals surface area contributed by atoms with Gasteiger partial charge in [-0.25, -0.2) is 4.79 Å². The molecule has 2 N–H and O–H groups in total. The lowest BCUT2D eigenvalue weighted by atomic mass is 10.0. The van der Waals surface area contributed by atoms with Gasteiger partial charge >= 0.3 is 6.03 Å². The molecule has 3 nitrogen and oxygen atoms in total. The molecular weight excluding hydrogens is 188 g/mol. The second kappa shape index (κ2) is 4.82. The number of nitrogens with zero attached hydrogens (tertiary/aromatic N) is 1. The smallest absolute Gasteiger partial charge is 0.318 e. The molecule has 15 heavy (non-hydrogen) atoms. The van der Waals surface area contributed by atoms with Crippen molar-refractivity contribution in [2.75, 3.05) is 11.9 Å². The van der Waals surface area contributed by atoms with E-state index < -0.39 is 6.03 Å². The lowest BCUT2D eigenvalue weighted by Crippen LogP contribution is -2.31. The molecule has 0 aromatic heterocycles. The number of amides is 2. The summed E-state index contributed by atoms with van der Waals surface area (Å²) >= 11 is 0. The molecule has 1 aromatic rings. The van der Waals surface area contributed by atoms with Crippen molar-refractivity contribution >= 4 is 11.7 Å². The Morgan fingerprint density at radius 3 is 2.27 bits per heavy atom. The Bertz CT molecular complexity index is 330. The fourth-order valence-corrected chi connectivity index (χ4v) is 1.45. The van der Waals surface area contributed by atoms with Crippen LogP contribution in [0.4, 0.5) is 10.5 Å². The van der Waals surface area contributed by atoms with Crippen molar-refractivity contribution in [1.82, 2.24) is 0 Å². The van der Waals surface area contributed by atoms with Gasteiger partial charge in [-0.3, -0.25) is 4.90 Å². The highest BCUT2D eigenvalue weighted by Gasteiger charge is 2.05. The Morgan fingerprint density at radius 1 is 1.33 bits per heavy atom. The van der Waals surface area contributed by atoms with Gasteiger partial charge in [-0.05, 0) is 30.0 Å². The molecular formula is C12H18N2O.